The average molecular weight is 446 g/mol. The van der Waals surface area contributed by atoms with E-state index in [4.69, 9.17) is 0 Å². The number of Topliss-reactive ketones (excluding diaryl/α,β-unsaturated/α-hetero) is 1. The lowest BCUT2D eigenvalue weighted by Crippen LogP contribution is -2.27. The monoisotopic (exact) mass is 445 g/mol. The number of carbonyl (C=O) groups excluding carboxylic acids is 2. The highest BCUT2D eigenvalue weighted by Crippen LogP contribution is 2.46. The third-order valence-corrected chi connectivity index (χ3v) is 6.40. The number of amides is 1. The maximum Gasteiger partial charge on any atom is 0.228 e. The lowest BCUT2D eigenvalue weighted by atomic mass is 9.96. The van der Waals surface area contributed by atoms with Crippen LogP contribution in [0.25, 0.3) is 11.3 Å². The molecule has 1 aliphatic heterocycles. The molecule has 4 heterocycles. The highest BCUT2D eigenvalue weighted by molar-refractivity contribution is 6.03. The van der Waals surface area contributed by atoms with Gasteiger partial charge >= 0.3 is 0 Å². The second-order valence-electron chi connectivity index (χ2n) is 8.73. The van der Waals surface area contributed by atoms with Gasteiger partial charge in [-0.15, -0.1) is 0 Å². The number of anilines is 4. The fraction of sp³-hybridized carbons (Fsp3) is 0.375. The minimum Gasteiger partial charge on any atom is -0.364 e. The van der Waals surface area contributed by atoms with Crippen LogP contribution in [-0.4, -0.2) is 38.5 Å². The maximum atomic E-state index is 12.6. The van der Waals surface area contributed by atoms with Gasteiger partial charge in [0.1, 0.15) is 5.82 Å². The van der Waals surface area contributed by atoms with Crippen molar-refractivity contribution in [1.29, 1.82) is 0 Å². The van der Waals surface area contributed by atoms with Gasteiger partial charge in [0.25, 0.3) is 0 Å². The molecule has 170 valence electrons. The van der Waals surface area contributed by atoms with Crippen LogP contribution in [0.1, 0.15) is 55.1 Å². The van der Waals surface area contributed by atoms with Crippen molar-refractivity contribution in [2.75, 3.05) is 22.6 Å². The van der Waals surface area contributed by atoms with Crippen molar-refractivity contribution in [2.24, 2.45) is 13.0 Å². The molecule has 2 aliphatic rings. The van der Waals surface area contributed by atoms with Crippen molar-refractivity contribution in [3.8, 4) is 11.3 Å². The van der Waals surface area contributed by atoms with E-state index < -0.39 is 0 Å². The summed E-state index contributed by atoms with van der Waals surface area (Å²) in [6.07, 6.45) is 7.46. The number of ketones is 1. The lowest BCUT2D eigenvalue weighted by molar-refractivity contribution is -0.117. The van der Waals surface area contributed by atoms with Crippen molar-refractivity contribution >= 4 is 34.7 Å². The van der Waals surface area contributed by atoms with E-state index in [1.54, 1.807) is 12.3 Å². The van der Waals surface area contributed by atoms with Gasteiger partial charge in [0.15, 0.2) is 11.6 Å². The number of aryl methyl sites for hydroxylation is 1. The Labute approximate surface area is 192 Å². The average Bonchev–Trinajstić information content (AvgIpc) is 3.58. The third-order valence-electron chi connectivity index (χ3n) is 6.40. The molecule has 9 heteroatoms. The summed E-state index contributed by atoms with van der Waals surface area (Å²) in [7, 11) is 3.94. The smallest absolute Gasteiger partial charge is 0.228 e. The van der Waals surface area contributed by atoms with Crippen molar-refractivity contribution in [3.63, 3.8) is 0 Å². The number of carbonyl (C=O) groups is 2. The fourth-order valence-electron chi connectivity index (χ4n) is 4.26. The first-order valence-electron chi connectivity index (χ1n) is 11.2. The van der Waals surface area contributed by atoms with Gasteiger partial charge < -0.3 is 15.5 Å². The molecule has 9 nitrogen and oxygen atoms in total. The maximum absolute atomic E-state index is 12.6. The molecule has 33 heavy (non-hydrogen) atoms. The first kappa shape index (κ1) is 21.1. The zero-order chi connectivity index (χ0) is 23.3. The molecule has 0 bridgehead atoms. The Morgan fingerprint density at radius 2 is 2.00 bits per heavy atom. The van der Waals surface area contributed by atoms with E-state index in [0.717, 1.165) is 35.3 Å². The lowest BCUT2D eigenvalue weighted by Gasteiger charge is -2.34. The summed E-state index contributed by atoms with van der Waals surface area (Å²) in [6, 6.07) is 3.78. The van der Waals surface area contributed by atoms with Gasteiger partial charge in [0, 0.05) is 62.2 Å². The van der Waals surface area contributed by atoms with E-state index in [1.807, 2.05) is 38.0 Å². The number of rotatable bonds is 6. The Morgan fingerprint density at radius 3 is 2.73 bits per heavy atom. The predicted molar refractivity (Wildman–Crippen MR) is 127 cm³/mol. The van der Waals surface area contributed by atoms with E-state index in [0.29, 0.717) is 29.3 Å². The number of nitrogens with one attached hydrogen (secondary N) is 2. The molecule has 3 aromatic heterocycles. The van der Waals surface area contributed by atoms with Crippen LogP contribution in [0, 0.1) is 5.92 Å². The SMILES string of the molecule is CCC(=O)c1cnc(NC(=O)C2CC2)cc1Nc1nccc2c1N(C)[C@H](C)c1cn(C)nc1-2. The number of pyridine rings is 2. The highest BCUT2D eigenvalue weighted by Gasteiger charge is 2.32. The minimum atomic E-state index is -0.0383. The first-order valence-corrected chi connectivity index (χ1v) is 11.2. The minimum absolute atomic E-state index is 0.0329. The summed E-state index contributed by atoms with van der Waals surface area (Å²) in [5.41, 5.74) is 5.00. The summed E-state index contributed by atoms with van der Waals surface area (Å²) >= 11 is 0. The standard InChI is InChI=1S/C24H27N7O2/c1-5-19(32)16-11-26-20(28-24(33)14-6-7-14)10-18(16)27-23-22-15(8-9-25-23)21-17(12-30(3)29-21)13(2)31(22)4/h8-14H,5-7H2,1-4H3,(H2,25,26,27,28,33)/t13-/m1/s1. The summed E-state index contributed by atoms with van der Waals surface area (Å²) in [5, 5.41) is 10.9. The Kier molecular flexibility index (Phi) is 5.11. The molecule has 0 unspecified atom stereocenters. The Bertz CT molecular complexity index is 1260. The summed E-state index contributed by atoms with van der Waals surface area (Å²) in [4.78, 5) is 36.0. The van der Waals surface area contributed by atoms with Crippen molar-refractivity contribution in [3.05, 3.63) is 41.9 Å². The van der Waals surface area contributed by atoms with Crippen LogP contribution in [0.15, 0.2) is 30.7 Å². The van der Waals surface area contributed by atoms with E-state index >= 15 is 0 Å². The molecule has 1 amide bonds. The number of aromatic nitrogens is 4. The molecule has 5 rings (SSSR count). The zero-order valence-corrected chi connectivity index (χ0v) is 19.2. The van der Waals surface area contributed by atoms with Crippen molar-refractivity contribution in [1.82, 2.24) is 19.7 Å². The van der Waals surface area contributed by atoms with Gasteiger partial charge in [0.2, 0.25) is 5.91 Å². The summed E-state index contributed by atoms with van der Waals surface area (Å²) < 4.78 is 1.83. The number of fused-ring (bicyclic) bond motifs is 3. The zero-order valence-electron chi connectivity index (χ0n) is 19.2. The molecular weight excluding hydrogens is 418 g/mol. The number of hydrogen-bond acceptors (Lipinski definition) is 7. The van der Waals surface area contributed by atoms with Crippen LogP contribution < -0.4 is 15.5 Å². The second kappa shape index (κ2) is 7.99. The fourth-order valence-corrected chi connectivity index (χ4v) is 4.26. The molecule has 0 spiro atoms. The van der Waals surface area contributed by atoms with Crippen molar-refractivity contribution < 1.29 is 9.59 Å². The molecule has 1 fully saturated rings. The van der Waals surface area contributed by atoms with Gasteiger partial charge in [-0.2, -0.15) is 5.10 Å². The van der Waals surface area contributed by atoms with Gasteiger partial charge in [-0.05, 0) is 25.8 Å². The molecule has 0 radical (unpaired) electrons. The largest absolute Gasteiger partial charge is 0.364 e. The topological polar surface area (TPSA) is 105 Å². The number of nitrogens with zero attached hydrogens (tertiary/aromatic N) is 5. The van der Waals surface area contributed by atoms with Crippen molar-refractivity contribution in [2.45, 2.75) is 39.2 Å². The predicted octanol–water partition coefficient (Wildman–Crippen LogP) is 4.07. The Hall–Kier alpha value is -3.75. The van der Waals surface area contributed by atoms with Crippen LogP contribution in [-0.2, 0) is 11.8 Å². The molecule has 0 aromatic carbocycles. The van der Waals surface area contributed by atoms with E-state index in [2.05, 4.69) is 37.5 Å². The Morgan fingerprint density at radius 1 is 1.21 bits per heavy atom. The van der Waals surface area contributed by atoms with E-state index in [9.17, 15) is 9.59 Å². The van der Waals surface area contributed by atoms with Crippen LogP contribution in [0.3, 0.4) is 0 Å². The second-order valence-corrected chi connectivity index (χ2v) is 8.73. The normalized spacial score (nSPS) is 16.7. The van der Waals surface area contributed by atoms with Crippen LogP contribution >= 0.6 is 0 Å². The molecule has 3 aromatic rings. The first-order chi connectivity index (χ1) is 15.9. The summed E-state index contributed by atoms with van der Waals surface area (Å²) in [5.74, 6) is 1.03. The molecule has 1 aliphatic carbocycles. The number of hydrogen-bond donors (Lipinski definition) is 2. The quantitative estimate of drug-likeness (QED) is 0.551. The Balaban J connectivity index is 1.57. The highest BCUT2D eigenvalue weighted by atomic mass is 16.2. The van der Waals surface area contributed by atoms with Gasteiger partial charge in [-0.1, -0.05) is 6.92 Å². The van der Waals surface area contributed by atoms with Gasteiger partial charge in [-0.25, -0.2) is 9.97 Å². The third kappa shape index (κ3) is 3.73. The van der Waals surface area contributed by atoms with E-state index in [-0.39, 0.29) is 23.7 Å². The molecule has 0 saturated heterocycles. The van der Waals surface area contributed by atoms with Crippen LogP contribution in [0.4, 0.5) is 23.0 Å². The summed E-state index contributed by atoms with van der Waals surface area (Å²) in [6.45, 7) is 3.94. The molecule has 2 N–H and O–H groups in total. The van der Waals surface area contributed by atoms with Gasteiger partial charge in [-0.3, -0.25) is 14.3 Å². The van der Waals surface area contributed by atoms with Crippen LogP contribution in [0.2, 0.25) is 0 Å². The molecule has 1 saturated carbocycles. The van der Waals surface area contributed by atoms with Gasteiger partial charge in [0.05, 0.1) is 28.7 Å². The van der Waals surface area contributed by atoms with E-state index in [1.165, 1.54) is 6.20 Å². The molecule has 1 atom stereocenters. The molecular formula is C24H27N7O2. The van der Waals surface area contributed by atoms with Crippen LogP contribution in [0.5, 0.6) is 0 Å².